The Bertz CT molecular complexity index is 318. The first kappa shape index (κ1) is 16.8. The summed E-state index contributed by atoms with van der Waals surface area (Å²) in [5.41, 5.74) is 0. The first-order chi connectivity index (χ1) is 10.1. The van der Waals surface area contributed by atoms with Crippen molar-refractivity contribution in [3.8, 4) is 0 Å². The van der Waals surface area contributed by atoms with Crippen LogP contribution in [0.15, 0.2) is 0 Å². The summed E-state index contributed by atoms with van der Waals surface area (Å²) in [4.78, 5) is 16.9. The molecular formula is C17H33N3O. The molecule has 0 radical (unpaired) electrons. The number of likely N-dealkylation sites (tertiary alicyclic amines) is 2. The van der Waals surface area contributed by atoms with E-state index in [-0.39, 0.29) is 6.04 Å². The maximum Gasteiger partial charge on any atom is 0.239 e. The summed E-state index contributed by atoms with van der Waals surface area (Å²) in [5, 5.41) is 3.57. The molecule has 0 saturated carbocycles. The van der Waals surface area contributed by atoms with Crippen molar-refractivity contribution in [2.45, 2.75) is 52.5 Å². The van der Waals surface area contributed by atoms with Crippen LogP contribution >= 0.6 is 0 Å². The van der Waals surface area contributed by atoms with Crippen molar-refractivity contribution in [3.63, 3.8) is 0 Å². The molecule has 2 rings (SSSR count). The number of hydrogen-bond donors (Lipinski definition) is 1. The molecule has 2 aliphatic rings. The van der Waals surface area contributed by atoms with Crippen LogP contribution in [-0.2, 0) is 4.79 Å². The van der Waals surface area contributed by atoms with Gasteiger partial charge in [-0.2, -0.15) is 0 Å². The second kappa shape index (κ2) is 8.14. The molecule has 4 heteroatoms. The molecule has 2 aliphatic heterocycles. The molecule has 1 N–H and O–H groups in total. The van der Waals surface area contributed by atoms with Crippen molar-refractivity contribution < 1.29 is 4.79 Å². The highest BCUT2D eigenvalue weighted by Gasteiger charge is 2.30. The molecule has 2 heterocycles. The van der Waals surface area contributed by atoms with Crippen molar-refractivity contribution in [2.75, 3.05) is 39.3 Å². The predicted molar refractivity (Wildman–Crippen MR) is 87.3 cm³/mol. The van der Waals surface area contributed by atoms with Gasteiger partial charge < -0.3 is 10.2 Å². The largest absolute Gasteiger partial charge is 0.341 e. The third-order valence-corrected chi connectivity index (χ3v) is 4.96. The first-order valence-electron chi connectivity index (χ1n) is 8.81. The van der Waals surface area contributed by atoms with Crippen LogP contribution in [0.25, 0.3) is 0 Å². The van der Waals surface area contributed by atoms with Gasteiger partial charge in [-0.1, -0.05) is 13.8 Å². The van der Waals surface area contributed by atoms with Crippen molar-refractivity contribution >= 4 is 5.91 Å². The van der Waals surface area contributed by atoms with Gasteiger partial charge in [0.05, 0.1) is 6.04 Å². The molecule has 1 amide bonds. The lowest BCUT2D eigenvalue weighted by Gasteiger charge is -2.36. The molecule has 1 atom stereocenters. The van der Waals surface area contributed by atoms with Crippen molar-refractivity contribution in [2.24, 2.45) is 11.8 Å². The second-order valence-corrected chi connectivity index (χ2v) is 7.24. The monoisotopic (exact) mass is 295 g/mol. The fourth-order valence-electron chi connectivity index (χ4n) is 3.48. The zero-order valence-corrected chi connectivity index (χ0v) is 14.1. The lowest BCUT2D eigenvalue weighted by atomic mass is 9.95. The summed E-state index contributed by atoms with van der Waals surface area (Å²) in [6.45, 7) is 13.0. The molecule has 4 nitrogen and oxygen atoms in total. The summed E-state index contributed by atoms with van der Waals surface area (Å²) < 4.78 is 0. The van der Waals surface area contributed by atoms with Crippen LogP contribution in [0.5, 0.6) is 0 Å². The Morgan fingerprint density at radius 3 is 2.29 bits per heavy atom. The Balaban J connectivity index is 1.69. The van der Waals surface area contributed by atoms with Crippen molar-refractivity contribution in [1.29, 1.82) is 0 Å². The Labute approximate surface area is 130 Å². The zero-order valence-electron chi connectivity index (χ0n) is 14.1. The molecule has 21 heavy (non-hydrogen) atoms. The highest BCUT2D eigenvalue weighted by atomic mass is 16.2. The van der Waals surface area contributed by atoms with E-state index < -0.39 is 0 Å². The topological polar surface area (TPSA) is 35.6 Å². The van der Waals surface area contributed by atoms with Crippen LogP contribution in [-0.4, -0.2) is 61.0 Å². The Hall–Kier alpha value is -0.610. The quantitative estimate of drug-likeness (QED) is 0.813. The van der Waals surface area contributed by atoms with Gasteiger partial charge in [0.15, 0.2) is 0 Å². The van der Waals surface area contributed by atoms with E-state index in [1.807, 2.05) is 0 Å². The maximum atomic E-state index is 12.4. The van der Waals surface area contributed by atoms with E-state index in [0.717, 1.165) is 51.1 Å². The van der Waals surface area contributed by atoms with E-state index in [0.29, 0.717) is 5.91 Å². The van der Waals surface area contributed by atoms with Crippen LogP contribution in [0.1, 0.15) is 46.5 Å². The van der Waals surface area contributed by atoms with Crippen LogP contribution < -0.4 is 5.32 Å². The molecule has 2 saturated heterocycles. The standard InChI is InChI=1S/C17H33N3O/c1-14(2)12-18-13-16-6-10-19(11-7-16)15(3)17(21)20-8-4-5-9-20/h14-16,18H,4-13H2,1-3H3. The lowest BCUT2D eigenvalue weighted by molar-refractivity contribution is -0.135. The highest BCUT2D eigenvalue weighted by molar-refractivity contribution is 5.81. The molecular weight excluding hydrogens is 262 g/mol. The van der Waals surface area contributed by atoms with Crippen LogP contribution in [0.4, 0.5) is 0 Å². The summed E-state index contributed by atoms with van der Waals surface area (Å²) in [5.74, 6) is 1.86. The molecule has 0 aromatic heterocycles. The molecule has 122 valence electrons. The number of amides is 1. The van der Waals surface area contributed by atoms with Gasteiger partial charge in [0.2, 0.25) is 5.91 Å². The predicted octanol–water partition coefficient (Wildman–Crippen LogP) is 1.95. The van der Waals surface area contributed by atoms with Gasteiger partial charge in [-0.3, -0.25) is 9.69 Å². The van der Waals surface area contributed by atoms with Gasteiger partial charge in [-0.25, -0.2) is 0 Å². The smallest absolute Gasteiger partial charge is 0.239 e. The number of rotatable bonds is 6. The molecule has 0 bridgehead atoms. The minimum atomic E-state index is 0.0765. The van der Waals surface area contributed by atoms with E-state index in [4.69, 9.17) is 0 Å². The zero-order chi connectivity index (χ0) is 15.2. The number of hydrogen-bond acceptors (Lipinski definition) is 3. The highest BCUT2D eigenvalue weighted by Crippen LogP contribution is 2.20. The Kier molecular flexibility index (Phi) is 6.49. The summed E-state index contributed by atoms with van der Waals surface area (Å²) in [7, 11) is 0. The van der Waals surface area contributed by atoms with Crippen LogP contribution in [0, 0.1) is 11.8 Å². The molecule has 0 spiro atoms. The second-order valence-electron chi connectivity index (χ2n) is 7.24. The summed E-state index contributed by atoms with van der Waals surface area (Å²) in [6, 6.07) is 0.0765. The average molecular weight is 295 g/mol. The van der Waals surface area contributed by atoms with Gasteiger partial charge in [0.25, 0.3) is 0 Å². The van der Waals surface area contributed by atoms with Crippen molar-refractivity contribution in [1.82, 2.24) is 15.1 Å². The van der Waals surface area contributed by atoms with E-state index in [9.17, 15) is 4.79 Å². The third kappa shape index (κ3) is 4.96. The third-order valence-electron chi connectivity index (χ3n) is 4.96. The Morgan fingerprint density at radius 1 is 1.10 bits per heavy atom. The summed E-state index contributed by atoms with van der Waals surface area (Å²) >= 11 is 0. The van der Waals surface area contributed by atoms with E-state index in [1.54, 1.807) is 0 Å². The molecule has 2 fully saturated rings. The van der Waals surface area contributed by atoms with Gasteiger partial charge in [-0.05, 0) is 70.6 Å². The van der Waals surface area contributed by atoms with E-state index in [1.165, 1.54) is 25.7 Å². The first-order valence-corrected chi connectivity index (χ1v) is 8.81. The average Bonchev–Trinajstić information content (AvgIpc) is 3.00. The van der Waals surface area contributed by atoms with E-state index >= 15 is 0 Å². The number of piperidine rings is 1. The lowest BCUT2D eigenvalue weighted by Crippen LogP contribution is -2.49. The van der Waals surface area contributed by atoms with E-state index in [2.05, 4.69) is 35.9 Å². The van der Waals surface area contributed by atoms with Crippen LogP contribution in [0.2, 0.25) is 0 Å². The maximum absolute atomic E-state index is 12.4. The molecule has 0 aliphatic carbocycles. The number of nitrogens with one attached hydrogen (secondary N) is 1. The fraction of sp³-hybridized carbons (Fsp3) is 0.941. The Morgan fingerprint density at radius 2 is 1.71 bits per heavy atom. The fourth-order valence-corrected chi connectivity index (χ4v) is 3.48. The molecule has 0 aromatic rings. The minimum Gasteiger partial charge on any atom is -0.341 e. The molecule has 0 aromatic carbocycles. The van der Waals surface area contributed by atoms with Gasteiger partial charge in [-0.15, -0.1) is 0 Å². The SMILES string of the molecule is CC(C)CNCC1CCN(C(C)C(=O)N2CCCC2)CC1. The summed E-state index contributed by atoms with van der Waals surface area (Å²) in [6.07, 6.45) is 4.82. The molecule has 1 unspecified atom stereocenters. The van der Waals surface area contributed by atoms with Crippen LogP contribution in [0.3, 0.4) is 0 Å². The van der Waals surface area contributed by atoms with Gasteiger partial charge >= 0.3 is 0 Å². The minimum absolute atomic E-state index is 0.0765. The normalized spacial score (nSPS) is 23.0. The van der Waals surface area contributed by atoms with Crippen molar-refractivity contribution in [3.05, 3.63) is 0 Å². The number of nitrogens with zero attached hydrogens (tertiary/aromatic N) is 2. The van der Waals surface area contributed by atoms with Gasteiger partial charge in [0, 0.05) is 13.1 Å². The number of carbonyl (C=O) groups excluding carboxylic acids is 1. The van der Waals surface area contributed by atoms with Gasteiger partial charge in [0.1, 0.15) is 0 Å². The number of carbonyl (C=O) groups is 1.